The number of unbranched alkanes of at least 4 members (excludes halogenated alkanes) is 3. The van der Waals surface area contributed by atoms with Crippen LogP contribution in [0.25, 0.3) is 0 Å². The van der Waals surface area contributed by atoms with E-state index in [9.17, 15) is 17.2 Å². The van der Waals surface area contributed by atoms with Crippen LogP contribution in [0, 0.1) is 11.6 Å². The molecule has 0 bridgehead atoms. The molecule has 0 saturated heterocycles. The SMILES string of the molecule is NS(=O)(=O)CCCCCCOc1cc(F)ccc1F. The van der Waals surface area contributed by atoms with Crippen LogP contribution >= 0.6 is 0 Å². The molecule has 0 aliphatic carbocycles. The molecule has 0 heterocycles. The normalized spacial score (nSPS) is 11.5. The molecule has 0 unspecified atom stereocenters. The van der Waals surface area contributed by atoms with Gasteiger partial charge in [0.15, 0.2) is 11.6 Å². The van der Waals surface area contributed by atoms with Gasteiger partial charge < -0.3 is 4.74 Å². The van der Waals surface area contributed by atoms with Crippen LogP contribution in [0.1, 0.15) is 25.7 Å². The Morgan fingerprint density at radius 1 is 1.11 bits per heavy atom. The first-order valence-electron chi connectivity index (χ1n) is 5.97. The standard InChI is InChI=1S/C12H17F2NO3S/c13-10-5-6-11(14)12(9-10)18-7-3-1-2-4-8-19(15,16)17/h5-6,9H,1-4,7-8H2,(H2,15,16,17). The van der Waals surface area contributed by atoms with Crippen molar-refractivity contribution in [3.05, 3.63) is 29.8 Å². The molecule has 0 spiro atoms. The number of ether oxygens (including phenoxy) is 1. The minimum atomic E-state index is -3.39. The summed E-state index contributed by atoms with van der Waals surface area (Å²) in [6.45, 7) is 0.260. The summed E-state index contributed by atoms with van der Waals surface area (Å²) in [5.74, 6) is -1.29. The average molecular weight is 293 g/mol. The minimum Gasteiger partial charge on any atom is -0.490 e. The Morgan fingerprint density at radius 2 is 1.79 bits per heavy atom. The number of benzene rings is 1. The van der Waals surface area contributed by atoms with Gasteiger partial charge in [-0.25, -0.2) is 22.3 Å². The van der Waals surface area contributed by atoms with Gasteiger partial charge in [-0.05, 0) is 25.0 Å². The van der Waals surface area contributed by atoms with Gasteiger partial charge in [-0.15, -0.1) is 0 Å². The largest absolute Gasteiger partial charge is 0.490 e. The van der Waals surface area contributed by atoms with Gasteiger partial charge in [-0.1, -0.05) is 12.8 Å². The highest BCUT2D eigenvalue weighted by molar-refractivity contribution is 7.89. The fourth-order valence-electron chi connectivity index (χ4n) is 1.53. The van der Waals surface area contributed by atoms with Crippen LogP contribution in [0.3, 0.4) is 0 Å². The third-order valence-corrected chi connectivity index (χ3v) is 3.33. The molecule has 0 aliphatic heterocycles. The highest BCUT2D eigenvalue weighted by Crippen LogP contribution is 2.18. The average Bonchev–Trinajstić information content (AvgIpc) is 2.31. The van der Waals surface area contributed by atoms with Crippen molar-refractivity contribution in [2.75, 3.05) is 12.4 Å². The first kappa shape index (κ1) is 15.8. The van der Waals surface area contributed by atoms with Gasteiger partial charge in [0.2, 0.25) is 10.0 Å². The third-order valence-electron chi connectivity index (χ3n) is 2.47. The number of hydrogen-bond acceptors (Lipinski definition) is 3. The number of sulfonamides is 1. The van der Waals surface area contributed by atoms with Gasteiger partial charge in [0, 0.05) is 6.07 Å². The van der Waals surface area contributed by atoms with Crippen LogP contribution in [0.5, 0.6) is 5.75 Å². The van der Waals surface area contributed by atoms with Crippen LogP contribution in [-0.4, -0.2) is 20.8 Å². The summed E-state index contributed by atoms with van der Waals surface area (Å²) in [6.07, 6.45) is 2.58. The summed E-state index contributed by atoms with van der Waals surface area (Å²) in [4.78, 5) is 0. The summed E-state index contributed by atoms with van der Waals surface area (Å²) in [7, 11) is -3.39. The summed E-state index contributed by atoms with van der Waals surface area (Å²) in [6, 6.07) is 3.03. The Morgan fingerprint density at radius 3 is 2.47 bits per heavy atom. The highest BCUT2D eigenvalue weighted by Gasteiger charge is 2.05. The van der Waals surface area contributed by atoms with Crippen molar-refractivity contribution in [3.8, 4) is 5.75 Å². The predicted octanol–water partition coefficient (Wildman–Crippen LogP) is 2.19. The lowest BCUT2D eigenvalue weighted by molar-refractivity contribution is 0.289. The second-order valence-corrected chi connectivity index (χ2v) is 5.94. The lowest BCUT2D eigenvalue weighted by Gasteiger charge is -2.07. The van der Waals surface area contributed by atoms with Crippen LogP contribution in [0.15, 0.2) is 18.2 Å². The van der Waals surface area contributed by atoms with Gasteiger partial charge in [0.1, 0.15) is 5.82 Å². The van der Waals surface area contributed by atoms with Gasteiger partial charge in [-0.3, -0.25) is 0 Å². The molecule has 0 atom stereocenters. The summed E-state index contributed by atoms with van der Waals surface area (Å²) in [5.41, 5.74) is 0. The number of primary sulfonamides is 1. The van der Waals surface area contributed by atoms with Gasteiger partial charge in [-0.2, -0.15) is 0 Å². The third kappa shape index (κ3) is 7.07. The van der Waals surface area contributed by atoms with E-state index in [0.717, 1.165) is 24.6 Å². The molecule has 108 valence electrons. The van der Waals surface area contributed by atoms with Crippen LogP contribution < -0.4 is 9.88 Å². The molecule has 4 nitrogen and oxygen atoms in total. The van der Waals surface area contributed by atoms with Crippen molar-refractivity contribution in [2.45, 2.75) is 25.7 Å². The van der Waals surface area contributed by atoms with Gasteiger partial charge in [0.25, 0.3) is 0 Å². The van der Waals surface area contributed by atoms with E-state index < -0.39 is 21.7 Å². The molecule has 1 rings (SSSR count). The van der Waals surface area contributed by atoms with E-state index in [2.05, 4.69) is 0 Å². The number of halogens is 2. The first-order chi connectivity index (χ1) is 8.88. The zero-order valence-electron chi connectivity index (χ0n) is 10.4. The van der Waals surface area contributed by atoms with Crippen molar-refractivity contribution < 1.29 is 21.9 Å². The fraction of sp³-hybridized carbons (Fsp3) is 0.500. The molecule has 2 N–H and O–H groups in total. The Bertz CT molecular complexity index is 506. The van der Waals surface area contributed by atoms with Crippen molar-refractivity contribution >= 4 is 10.0 Å². The Labute approximate surface area is 111 Å². The predicted molar refractivity (Wildman–Crippen MR) is 68.3 cm³/mol. The van der Waals surface area contributed by atoms with Crippen LogP contribution in [0.4, 0.5) is 8.78 Å². The highest BCUT2D eigenvalue weighted by atomic mass is 32.2. The van der Waals surface area contributed by atoms with E-state index in [1.54, 1.807) is 0 Å². The monoisotopic (exact) mass is 293 g/mol. The van der Waals surface area contributed by atoms with Crippen LogP contribution in [-0.2, 0) is 10.0 Å². The van der Waals surface area contributed by atoms with E-state index in [0.29, 0.717) is 19.3 Å². The zero-order chi connectivity index (χ0) is 14.3. The van der Waals surface area contributed by atoms with Crippen LogP contribution in [0.2, 0.25) is 0 Å². The molecular weight excluding hydrogens is 276 g/mol. The molecule has 19 heavy (non-hydrogen) atoms. The number of rotatable bonds is 8. The quantitative estimate of drug-likeness (QED) is 0.747. The molecule has 0 amide bonds. The summed E-state index contributed by atoms with van der Waals surface area (Å²) < 4.78 is 52.4. The summed E-state index contributed by atoms with van der Waals surface area (Å²) >= 11 is 0. The maximum absolute atomic E-state index is 13.2. The molecule has 0 fully saturated rings. The second kappa shape index (κ2) is 7.40. The van der Waals surface area contributed by atoms with E-state index in [4.69, 9.17) is 9.88 Å². The molecule has 1 aromatic rings. The maximum Gasteiger partial charge on any atom is 0.209 e. The topological polar surface area (TPSA) is 69.4 Å². The maximum atomic E-state index is 13.2. The van der Waals surface area contributed by atoms with Gasteiger partial charge >= 0.3 is 0 Å². The van der Waals surface area contributed by atoms with E-state index in [1.807, 2.05) is 0 Å². The fourth-order valence-corrected chi connectivity index (χ4v) is 2.14. The van der Waals surface area contributed by atoms with Crippen molar-refractivity contribution in [3.63, 3.8) is 0 Å². The van der Waals surface area contributed by atoms with Crippen molar-refractivity contribution in [1.29, 1.82) is 0 Å². The molecule has 0 aliphatic rings. The molecular formula is C12H17F2NO3S. The van der Waals surface area contributed by atoms with Gasteiger partial charge in [0.05, 0.1) is 12.4 Å². The smallest absolute Gasteiger partial charge is 0.209 e. The lowest BCUT2D eigenvalue weighted by atomic mass is 10.2. The summed E-state index contributed by atoms with van der Waals surface area (Å²) in [5, 5.41) is 4.85. The molecule has 7 heteroatoms. The molecule has 0 saturated carbocycles. The van der Waals surface area contributed by atoms with E-state index in [-0.39, 0.29) is 18.1 Å². The lowest BCUT2D eigenvalue weighted by Crippen LogP contribution is -2.16. The molecule has 0 radical (unpaired) electrons. The number of nitrogens with two attached hydrogens (primary N) is 1. The molecule has 1 aromatic carbocycles. The van der Waals surface area contributed by atoms with Crippen molar-refractivity contribution in [2.24, 2.45) is 5.14 Å². The number of hydrogen-bond donors (Lipinski definition) is 1. The van der Waals surface area contributed by atoms with E-state index in [1.165, 1.54) is 0 Å². The Balaban J connectivity index is 2.16. The molecule has 0 aromatic heterocycles. The second-order valence-electron chi connectivity index (χ2n) is 4.20. The Hall–Kier alpha value is -1.21. The van der Waals surface area contributed by atoms with E-state index >= 15 is 0 Å². The Kier molecular flexibility index (Phi) is 6.17. The zero-order valence-corrected chi connectivity index (χ0v) is 11.3. The minimum absolute atomic E-state index is 0.0353. The van der Waals surface area contributed by atoms with Crippen molar-refractivity contribution in [1.82, 2.24) is 0 Å². The first-order valence-corrected chi connectivity index (χ1v) is 7.68.